The molecule has 1 aromatic carbocycles. The summed E-state index contributed by atoms with van der Waals surface area (Å²) in [4.78, 5) is 27.1. The molecule has 0 spiro atoms. The number of nitrogens with zero attached hydrogens (tertiary/aromatic N) is 2. The standard InChI is InChI=1S/C15H17N3O2/c19-14-7-16-15(20)18(14)11-8-17(9-11)13-6-5-10-3-1-2-4-12(10)13/h1-4,11,13H,5-9H2,(H,16,20). The summed E-state index contributed by atoms with van der Waals surface area (Å²) >= 11 is 0. The number of aryl methyl sites for hydroxylation is 1. The molecular formula is C15H17N3O2. The highest BCUT2D eigenvalue weighted by Gasteiger charge is 2.44. The Morgan fingerprint density at radius 1 is 1.15 bits per heavy atom. The van der Waals surface area contributed by atoms with Gasteiger partial charge in [-0.15, -0.1) is 0 Å². The highest BCUT2D eigenvalue weighted by Crippen LogP contribution is 2.38. The van der Waals surface area contributed by atoms with E-state index in [1.165, 1.54) is 16.0 Å². The SMILES string of the molecule is O=C1CNC(=O)N1C1CN(C2CCc3ccccc32)C1. The van der Waals surface area contributed by atoms with Crippen LogP contribution in [0.4, 0.5) is 4.79 Å². The summed E-state index contributed by atoms with van der Waals surface area (Å²) in [6, 6.07) is 8.87. The second kappa shape index (κ2) is 4.31. The Morgan fingerprint density at radius 2 is 1.95 bits per heavy atom. The van der Waals surface area contributed by atoms with Crippen molar-refractivity contribution in [1.29, 1.82) is 0 Å². The van der Waals surface area contributed by atoms with Gasteiger partial charge in [0.1, 0.15) is 0 Å². The lowest BCUT2D eigenvalue weighted by molar-refractivity contribution is -0.129. The van der Waals surface area contributed by atoms with Gasteiger partial charge in [0.15, 0.2) is 0 Å². The van der Waals surface area contributed by atoms with E-state index >= 15 is 0 Å². The molecule has 2 heterocycles. The average Bonchev–Trinajstić information content (AvgIpc) is 2.96. The van der Waals surface area contributed by atoms with Crippen molar-refractivity contribution in [3.63, 3.8) is 0 Å². The topological polar surface area (TPSA) is 52.7 Å². The summed E-state index contributed by atoms with van der Waals surface area (Å²) in [5, 5.41) is 2.59. The molecular weight excluding hydrogens is 254 g/mol. The van der Waals surface area contributed by atoms with E-state index in [0.717, 1.165) is 25.9 Å². The van der Waals surface area contributed by atoms with Crippen molar-refractivity contribution in [1.82, 2.24) is 15.1 Å². The zero-order chi connectivity index (χ0) is 13.7. The molecule has 1 aromatic rings. The van der Waals surface area contributed by atoms with Gasteiger partial charge in [0.05, 0.1) is 12.6 Å². The Balaban J connectivity index is 1.45. The number of hydrogen-bond donors (Lipinski definition) is 1. The number of fused-ring (bicyclic) bond motifs is 1. The van der Waals surface area contributed by atoms with Crippen molar-refractivity contribution in [2.75, 3.05) is 19.6 Å². The van der Waals surface area contributed by atoms with E-state index in [4.69, 9.17) is 0 Å². The molecule has 2 fully saturated rings. The molecule has 2 aliphatic heterocycles. The van der Waals surface area contributed by atoms with Crippen molar-refractivity contribution in [2.45, 2.75) is 24.9 Å². The van der Waals surface area contributed by atoms with Crippen LogP contribution in [-0.2, 0) is 11.2 Å². The first-order chi connectivity index (χ1) is 9.74. The number of urea groups is 1. The Hall–Kier alpha value is -1.88. The molecule has 1 atom stereocenters. The van der Waals surface area contributed by atoms with Gasteiger partial charge in [0.25, 0.3) is 0 Å². The molecule has 0 bridgehead atoms. The molecule has 5 nitrogen and oxygen atoms in total. The van der Waals surface area contributed by atoms with Crippen molar-refractivity contribution in [2.24, 2.45) is 0 Å². The minimum absolute atomic E-state index is 0.0535. The van der Waals surface area contributed by atoms with Gasteiger partial charge in [-0.25, -0.2) is 4.79 Å². The van der Waals surface area contributed by atoms with Gasteiger partial charge in [-0.1, -0.05) is 24.3 Å². The zero-order valence-corrected chi connectivity index (χ0v) is 11.2. The maximum Gasteiger partial charge on any atom is 0.324 e. The minimum Gasteiger partial charge on any atom is -0.329 e. The van der Waals surface area contributed by atoms with Gasteiger partial charge in [-0.05, 0) is 24.0 Å². The van der Waals surface area contributed by atoms with Crippen LogP contribution in [0.3, 0.4) is 0 Å². The fourth-order valence-electron chi connectivity index (χ4n) is 3.62. The number of rotatable bonds is 2. The summed E-state index contributed by atoms with van der Waals surface area (Å²) in [5.74, 6) is -0.0912. The van der Waals surface area contributed by atoms with E-state index in [-0.39, 0.29) is 24.5 Å². The van der Waals surface area contributed by atoms with Gasteiger partial charge in [-0.3, -0.25) is 14.6 Å². The molecule has 0 aromatic heterocycles. The fraction of sp³-hybridized carbons (Fsp3) is 0.467. The lowest BCUT2D eigenvalue weighted by atomic mass is 10.00. The first-order valence-electron chi connectivity index (χ1n) is 7.16. The summed E-state index contributed by atoms with van der Waals surface area (Å²) in [5.41, 5.74) is 2.86. The van der Waals surface area contributed by atoms with Crippen LogP contribution in [0.15, 0.2) is 24.3 Å². The Bertz CT molecular complexity index is 564. The zero-order valence-electron chi connectivity index (χ0n) is 11.2. The first-order valence-corrected chi connectivity index (χ1v) is 7.16. The van der Waals surface area contributed by atoms with Crippen LogP contribution in [-0.4, -0.2) is 47.4 Å². The van der Waals surface area contributed by atoms with Crippen molar-refractivity contribution >= 4 is 11.9 Å². The van der Waals surface area contributed by atoms with E-state index in [0.29, 0.717) is 6.04 Å². The van der Waals surface area contributed by atoms with Crippen LogP contribution >= 0.6 is 0 Å². The number of imide groups is 1. The number of nitrogens with one attached hydrogen (secondary N) is 1. The lowest BCUT2D eigenvalue weighted by Gasteiger charge is -2.46. The molecule has 4 rings (SSSR count). The predicted octanol–water partition coefficient (Wildman–Crippen LogP) is 0.910. The average molecular weight is 271 g/mol. The first kappa shape index (κ1) is 11.9. The predicted molar refractivity (Wildman–Crippen MR) is 73.1 cm³/mol. The summed E-state index contributed by atoms with van der Waals surface area (Å²) < 4.78 is 0. The molecule has 1 unspecified atom stereocenters. The summed E-state index contributed by atoms with van der Waals surface area (Å²) in [6.07, 6.45) is 2.28. The highest BCUT2D eigenvalue weighted by molar-refractivity contribution is 6.02. The minimum atomic E-state index is -0.230. The molecule has 20 heavy (non-hydrogen) atoms. The van der Waals surface area contributed by atoms with E-state index in [1.807, 2.05) is 0 Å². The maximum atomic E-state index is 11.7. The van der Waals surface area contributed by atoms with Crippen LogP contribution in [0.25, 0.3) is 0 Å². The smallest absolute Gasteiger partial charge is 0.324 e. The number of likely N-dealkylation sites (tertiary alicyclic amines) is 1. The Kier molecular flexibility index (Phi) is 2.57. The van der Waals surface area contributed by atoms with Gasteiger partial charge < -0.3 is 5.32 Å². The number of carbonyl (C=O) groups is 2. The van der Waals surface area contributed by atoms with E-state index in [9.17, 15) is 9.59 Å². The third-order valence-corrected chi connectivity index (χ3v) is 4.68. The van der Waals surface area contributed by atoms with Gasteiger partial charge in [0.2, 0.25) is 5.91 Å². The Labute approximate surface area is 117 Å². The normalized spacial score (nSPS) is 26.6. The quantitative estimate of drug-likeness (QED) is 0.813. The largest absolute Gasteiger partial charge is 0.329 e. The van der Waals surface area contributed by atoms with E-state index < -0.39 is 0 Å². The molecule has 3 aliphatic rings. The highest BCUT2D eigenvalue weighted by atomic mass is 16.2. The number of benzene rings is 1. The molecule has 0 saturated carbocycles. The van der Waals surface area contributed by atoms with Gasteiger partial charge in [-0.2, -0.15) is 0 Å². The van der Waals surface area contributed by atoms with Crippen LogP contribution in [0.5, 0.6) is 0 Å². The molecule has 5 heteroatoms. The van der Waals surface area contributed by atoms with Crippen molar-refractivity contribution < 1.29 is 9.59 Å². The van der Waals surface area contributed by atoms with E-state index in [1.54, 1.807) is 0 Å². The molecule has 1 N–H and O–H groups in total. The van der Waals surface area contributed by atoms with Gasteiger partial charge >= 0.3 is 6.03 Å². The molecule has 104 valence electrons. The lowest BCUT2D eigenvalue weighted by Crippen LogP contribution is -2.61. The Morgan fingerprint density at radius 3 is 2.70 bits per heavy atom. The molecule has 2 saturated heterocycles. The van der Waals surface area contributed by atoms with Crippen molar-refractivity contribution in [3.8, 4) is 0 Å². The van der Waals surface area contributed by atoms with Crippen LogP contribution < -0.4 is 5.32 Å². The molecule has 1 aliphatic carbocycles. The number of carbonyl (C=O) groups excluding carboxylic acids is 2. The second-order valence-corrected chi connectivity index (χ2v) is 5.78. The van der Waals surface area contributed by atoms with E-state index in [2.05, 4.69) is 34.5 Å². The van der Waals surface area contributed by atoms with Crippen LogP contribution in [0, 0.1) is 0 Å². The maximum absolute atomic E-state index is 11.7. The number of hydrogen-bond acceptors (Lipinski definition) is 3. The van der Waals surface area contributed by atoms with Gasteiger partial charge in [0, 0.05) is 19.1 Å². The summed E-state index contributed by atoms with van der Waals surface area (Å²) in [6.45, 7) is 1.76. The van der Waals surface area contributed by atoms with Crippen molar-refractivity contribution in [3.05, 3.63) is 35.4 Å². The fourth-order valence-corrected chi connectivity index (χ4v) is 3.62. The summed E-state index contributed by atoms with van der Waals surface area (Å²) in [7, 11) is 0. The molecule has 3 amide bonds. The van der Waals surface area contributed by atoms with Crippen LogP contribution in [0.1, 0.15) is 23.6 Å². The number of amides is 3. The molecule has 0 radical (unpaired) electrons. The third kappa shape index (κ3) is 1.66. The third-order valence-electron chi connectivity index (χ3n) is 4.68. The second-order valence-electron chi connectivity index (χ2n) is 5.78. The van der Waals surface area contributed by atoms with Crippen LogP contribution in [0.2, 0.25) is 0 Å². The monoisotopic (exact) mass is 271 g/mol.